The molecule has 0 unspecified atom stereocenters. The van der Waals surface area contributed by atoms with Crippen LogP contribution in [0.1, 0.15) is 242 Å². The molecule has 0 aliphatic heterocycles. The number of hydrogen-bond donors (Lipinski definition) is 2. The van der Waals surface area contributed by atoms with Crippen molar-refractivity contribution in [2.75, 3.05) is 13.4 Å². The van der Waals surface area contributed by atoms with Gasteiger partial charge in [0.15, 0.2) is 12.6 Å². The molecule has 0 fully saturated rings. The van der Waals surface area contributed by atoms with Crippen LogP contribution < -0.4 is 9.47 Å². The van der Waals surface area contributed by atoms with Crippen LogP contribution in [0.15, 0.2) is 36.4 Å². The van der Waals surface area contributed by atoms with Gasteiger partial charge in [-0.05, 0) is 37.1 Å². The van der Waals surface area contributed by atoms with Gasteiger partial charge in [-0.3, -0.25) is 9.59 Å². The van der Waals surface area contributed by atoms with Gasteiger partial charge in [0, 0.05) is 18.6 Å². The molecule has 0 radical (unpaired) electrons. The lowest BCUT2D eigenvalue weighted by Crippen LogP contribution is -2.08. The Bertz CT molecular complexity index is 1310. The lowest BCUT2D eigenvalue weighted by molar-refractivity contribution is -0.134. The smallest absolute Gasteiger partial charge is 0.311 e. The predicted molar refractivity (Wildman–Crippen MR) is 240 cm³/mol. The highest BCUT2D eigenvalue weighted by Gasteiger charge is 2.19. The first-order chi connectivity index (χ1) is 28.5. The number of phenols is 2. The highest BCUT2D eigenvalue weighted by Crippen LogP contribution is 2.31. The number of benzene rings is 2. The molecule has 0 heterocycles. The molecule has 2 rings (SSSR count). The number of aromatic hydroxyl groups is 2. The van der Waals surface area contributed by atoms with Crippen LogP contribution in [-0.2, 0) is 9.53 Å². The van der Waals surface area contributed by atoms with Crippen molar-refractivity contribution in [3.8, 4) is 23.0 Å². The standard InChI is InChI=1S/C51H84O7/c1-3-5-7-9-11-13-15-17-19-21-23-25-27-29-31-33-35-50(54)58-45-37-39-47(49(53)42-45)51(55)46-38-36-44(41-48(46)52)57-43-56-40-34-32-30-28-26-24-22-20-18-16-14-12-10-8-6-4-2/h36-39,41-42,52-53H,3-35,40,43H2,1-2H3. The molecule has 0 aliphatic carbocycles. The van der Waals surface area contributed by atoms with E-state index in [-0.39, 0.29) is 41.1 Å². The summed E-state index contributed by atoms with van der Waals surface area (Å²) >= 11 is 0. The highest BCUT2D eigenvalue weighted by atomic mass is 16.7. The maximum absolute atomic E-state index is 13.2. The number of hydrogen-bond acceptors (Lipinski definition) is 7. The molecule has 0 atom stereocenters. The van der Waals surface area contributed by atoms with E-state index in [1.165, 1.54) is 204 Å². The monoisotopic (exact) mass is 809 g/mol. The lowest BCUT2D eigenvalue weighted by atomic mass is 10.0. The summed E-state index contributed by atoms with van der Waals surface area (Å²) in [5.74, 6) is -0.910. The van der Waals surface area contributed by atoms with E-state index in [9.17, 15) is 19.8 Å². The molecule has 7 nitrogen and oxygen atoms in total. The van der Waals surface area contributed by atoms with E-state index in [0.29, 0.717) is 18.8 Å². The van der Waals surface area contributed by atoms with E-state index >= 15 is 0 Å². The SMILES string of the molecule is CCCCCCCCCCCCCCCCCCOCOc1ccc(C(=O)c2ccc(OC(=O)CCCCCCCCCCCCCCCCCC)cc2O)c(O)c1. The highest BCUT2D eigenvalue weighted by molar-refractivity contribution is 6.12. The number of unbranched alkanes of at least 4 members (excludes halogenated alkanes) is 30. The fraction of sp³-hybridized carbons (Fsp3) is 0.725. The first kappa shape index (κ1) is 51.1. The van der Waals surface area contributed by atoms with Crippen molar-refractivity contribution >= 4 is 11.8 Å². The number of carbonyl (C=O) groups is 2. The third kappa shape index (κ3) is 26.1. The van der Waals surface area contributed by atoms with Gasteiger partial charge in [-0.2, -0.15) is 0 Å². The van der Waals surface area contributed by atoms with Crippen molar-refractivity contribution in [3.05, 3.63) is 47.5 Å². The van der Waals surface area contributed by atoms with Gasteiger partial charge in [0.25, 0.3) is 0 Å². The normalized spacial score (nSPS) is 11.3. The fourth-order valence-electron chi connectivity index (χ4n) is 7.63. The third-order valence-electron chi connectivity index (χ3n) is 11.3. The Balaban J connectivity index is 1.50. The summed E-state index contributed by atoms with van der Waals surface area (Å²) in [6.07, 6.45) is 42.0. The number of ether oxygens (including phenoxy) is 3. The number of carbonyl (C=O) groups excluding carboxylic acids is 2. The second-order valence-electron chi connectivity index (χ2n) is 16.7. The van der Waals surface area contributed by atoms with E-state index in [1.54, 1.807) is 6.07 Å². The van der Waals surface area contributed by atoms with Crippen LogP contribution in [0.3, 0.4) is 0 Å². The molecular formula is C51H84O7. The molecule has 0 aliphatic rings. The van der Waals surface area contributed by atoms with Crippen molar-refractivity contribution in [3.63, 3.8) is 0 Å². The van der Waals surface area contributed by atoms with Crippen molar-refractivity contribution < 1.29 is 34.0 Å². The first-order valence-electron chi connectivity index (χ1n) is 24.1. The largest absolute Gasteiger partial charge is 0.507 e. The fourth-order valence-corrected chi connectivity index (χ4v) is 7.63. The van der Waals surface area contributed by atoms with Crippen LogP contribution in [-0.4, -0.2) is 35.4 Å². The summed E-state index contributed by atoms with van der Waals surface area (Å²) in [4.78, 5) is 25.6. The van der Waals surface area contributed by atoms with E-state index in [1.807, 2.05) is 0 Å². The molecule has 2 aromatic carbocycles. The van der Waals surface area contributed by atoms with Gasteiger partial charge in [-0.25, -0.2) is 0 Å². The van der Waals surface area contributed by atoms with E-state index in [2.05, 4.69) is 13.8 Å². The van der Waals surface area contributed by atoms with Gasteiger partial charge in [0.1, 0.15) is 23.0 Å². The van der Waals surface area contributed by atoms with E-state index in [0.717, 1.165) is 32.1 Å². The predicted octanol–water partition coefficient (Wildman–Crippen LogP) is 15.5. The molecular weight excluding hydrogens is 725 g/mol. The van der Waals surface area contributed by atoms with Crippen LogP contribution in [0, 0.1) is 0 Å². The van der Waals surface area contributed by atoms with Gasteiger partial charge >= 0.3 is 5.97 Å². The number of rotatable bonds is 40. The van der Waals surface area contributed by atoms with Gasteiger partial charge in [0.2, 0.25) is 0 Å². The average Bonchev–Trinajstić information content (AvgIpc) is 3.21. The molecule has 0 bridgehead atoms. The Labute approximate surface area is 354 Å². The van der Waals surface area contributed by atoms with Crippen LogP contribution >= 0.6 is 0 Å². The summed E-state index contributed by atoms with van der Waals surface area (Å²) in [5.41, 5.74) is 0.0358. The molecule has 2 N–H and O–H groups in total. The second kappa shape index (κ2) is 35.8. The molecule has 2 aromatic rings. The van der Waals surface area contributed by atoms with Crippen molar-refractivity contribution in [2.24, 2.45) is 0 Å². The second-order valence-corrected chi connectivity index (χ2v) is 16.7. The summed E-state index contributed by atoms with van der Waals surface area (Å²) in [6.45, 7) is 5.22. The molecule has 0 amide bonds. The maximum atomic E-state index is 13.2. The molecule has 7 heteroatoms. The Morgan fingerprint density at radius 2 is 0.793 bits per heavy atom. The Morgan fingerprint density at radius 1 is 0.448 bits per heavy atom. The lowest BCUT2D eigenvalue weighted by Gasteiger charge is -2.11. The van der Waals surface area contributed by atoms with Crippen molar-refractivity contribution in [2.45, 2.75) is 226 Å². The van der Waals surface area contributed by atoms with Gasteiger partial charge in [-0.1, -0.05) is 206 Å². The zero-order valence-corrected chi connectivity index (χ0v) is 37.1. The molecule has 330 valence electrons. The molecule has 0 spiro atoms. The third-order valence-corrected chi connectivity index (χ3v) is 11.3. The minimum atomic E-state index is -0.549. The number of phenolic OH excluding ortho intramolecular Hbond substituents is 2. The zero-order valence-electron chi connectivity index (χ0n) is 37.1. The summed E-state index contributed by atoms with van der Waals surface area (Å²) in [5, 5.41) is 21.2. The van der Waals surface area contributed by atoms with Crippen LogP contribution in [0.5, 0.6) is 23.0 Å². The molecule has 0 saturated carbocycles. The average molecular weight is 809 g/mol. The Hall–Kier alpha value is -3.06. The van der Waals surface area contributed by atoms with Crippen molar-refractivity contribution in [1.29, 1.82) is 0 Å². The van der Waals surface area contributed by atoms with Gasteiger partial charge < -0.3 is 24.4 Å². The zero-order chi connectivity index (χ0) is 41.7. The number of esters is 1. The molecule has 0 saturated heterocycles. The summed E-state index contributed by atoms with van der Waals surface area (Å²) in [7, 11) is 0. The molecule has 0 aromatic heterocycles. The van der Waals surface area contributed by atoms with Gasteiger partial charge in [0.05, 0.1) is 17.7 Å². The topological polar surface area (TPSA) is 102 Å². The Kier molecular flexibility index (Phi) is 31.6. The van der Waals surface area contributed by atoms with Crippen molar-refractivity contribution in [1.82, 2.24) is 0 Å². The van der Waals surface area contributed by atoms with Crippen LogP contribution in [0.25, 0.3) is 0 Å². The van der Waals surface area contributed by atoms with Gasteiger partial charge in [-0.15, -0.1) is 0 Å². The quantitative estimate of drug-likeness (QED) is 0.0227. The minimum Gasteiger partial charge on any atom is -0.507 e. The van der Waals surface area contributed by atoms with E-state index in [4.69, 9.17) is 14.2 Å². The first-order valence-corrected chi connectivity index (χ1v) is 24.1. The van der Waals surface area contributed by atoms with Crippen LogP contribution in [0.4, 0.5) is 0 Å². The molecule has 58 heavy (non-hydrogen) atoms. The Morgan fingerprint density at radius 3 is 1.19 bits per heavy atom. The summed E-state index contributed by atoms with van der Waals surface area (Å²) in [6, 6.07) is 8.60. The minimum absolute atomic E-state index is 0.00343. The maximum Gasteiger partial charge on any atom is 0.311 e. The van der Waals surface area contributed by atoms with Crippen LogP contribution in [0.2, 0.25) is 0 Å². The summed E-state index contributed by atoms with van der Waals surface area (Å²) < 4.78 is 16.7. The van der Waals surface area contributed by atoms with E-state index < -0.39 is 5.78 Å². The number of ketones is 1.